The molecule has 0 bridgehead atoms. The Hall–Kier alpha value is -5.42. The van der Waals surface area contributed by atoms with E-state index in [0.29, 0.717) is 61.4 Å². The zero-order valence-electron chi connectivity index (χ0n) is 36.3. The summed E-state index contributed by atoms with van der Waals surface area (Å²) in [5.74, 6) is 1.88. The van der Waals surface area contributed by atoms with Gasteiger partial charge in [0.2, 0.25) is 5.91 Å². The predicted octanol–water partition coefficient (Wildman–Crippen LogP) is 10.0. The van der Waals surface area contributed by atoms with Crippen molar-refractivity contribution in [2.24, 2.45) is 18.9 Å². The van der Waals surface area contributed by atoms with Crippen molar-refractivity contribution in [3.8, 4) is 22.8 Å². The quantitative estimate of drug-likeness (QED) is 0.0828. The van der Waals surface area contributed by atoms with Gasteiger partial charge in [0.15, 0.2) is 0 Å². The lowest BCUT2D eigenvalue weighted by atomic mass is 9.59. The van der Waals surface area contributed by atoms with E-state index in [9.17, 15) is 14.7 Å². The van der Waals surface area contributed by atoms with Gasteiger partial charge in [-0.25, -0.2) is 4.79 Å². The number of anilines is 1. The minimum absolute atomic E-state index is 0.0336. The number of fused-ring (bicyclic) bond motifs is 3. The summed E-state index contributed by atoms with van der Waals surface area (Å²) in [7, 11) is 1.84. The molecule has 8 rings (SSSR count). The smallest absolute Gasteiger partial charge is 0.329 e. The number of aliphatic carboxylic acids is 1. The minimum atomic E-state index is -1.11. The summed E-state index contributed by atoms with van der Waals surface area (Å²) >= 11 is 6.32. The number of rotatable bonds is 16. The molecule has 0 aliphatic heterocycles. The van der Waals surface area contributed by atoms with Gasteiger partial charge in [0.25, 0.3) is 0 Å². The van der Waals surface area contributed by atoms with E-state index < -0.39 is 11.5 Å². The summed E-state index contributed by atoms with van der Waals surface area (Å²) in [5.41, 5.74) is 7.12. The molecule has 11 nitrogen and oxygen atoms in total. The number of carbonyl (C=O) groups excluding carboxylic acids is 1. The maximum atomic E-state index is 13.1. The molecule has 3 aliphatic carbocycles. The lowest BCUT2D eigenvalue weighted by Gasteiger charge is -2.47. The maximum absolute atomic E-state index is 13.1. The minimum Gasteiger partial charge on any atom is -0.494 e. The number of amides is 1. The Balaban J connectivity index is 0.937. The Morgan fingerprint density at radius 3 is 2.61 bits per heavy atom. The number of ether oxygens (including phenoxy) is 2. The van der Waals surface area contributed by atoms with Crippen LogP contribution in [0.25, 0.3) is 11.3 Å². The monoisotopic (exact) mass is 858 g/mol. The van der Waals surface area contributed by atoms with Crippen LogP contribution in [0.3, 0.4) is 0 Å². The van der Waals surface area contributed by atoms with E-state index in [0.717, 1.165) is 73.3 Å². The molecule has 3 aromatic carbocycles. The molecule has 3 N–H and O–H groups in total. The second-order valence-corrected chi connectivity index (χ2v) is 18.6. The largest absolute Gasteiger partial charge is 0.494 e. The zero-order chi connectivity index (χ0) is 43.4. The van der Waals surface area contributed by atoms with Gasteiger partial charge in [-0.05, 0) is 153 Å². The first kappa shape index (κ1) is 43.2. The van der Waals surface area contributed by atoms with Crippen molar-refractivity contribution in [2.75, 3.05) is 18.5 Å². The fourth-order valence-electron chi connectivity index (χ4n) is 10.4. The number of nitrogens with zero attached hydrogens (tertiary/aromatic N) is 4. The number of aromatic nitrogens is 4. The number of hydrogen-bond acceptors (Lipinski definition) is 8. The fourth-order valence-corrected chi connectivity index (χ4v) is 10.6. The highest BCUT2D eigenvalue weighted by Crippen LogP contribution is 2.57. The molecule has 5 aromatic rings. The van der Waals surface area contributed by atoms with Gasteiger partial charge in [-0.3, -0.25) is 14.5 Å². The number of nitrogens with one attached hydrogen (secondary N) is 2. The Morgan fingerprint density at radius 1 is 1.02 bits per heavy atom. The average Bonchev–Trinajstić information content (AvgIpc) is 3.82. The fraction of sp³-hybridized carbons (Fsp3) is 0.460. The highest BCUT2D eigenvalue weighted by molar-refractivity contribution is 6.30. The molecule has 1 amide bonds. The molecular weight excluding hydrogens is 800 g/mol. The number of carboxylic acid groups (broad SMARTS) is 1. The van der Waals surface area contributed by atoms with Crippen molar-refractivity contribution in [3.63, 3.8) is 0 Å². The molecule has 1 saturated carbocycles. The number of carbonyl (C=O) groups is 2. The average molecular weight is 860 g/mol. The summed E-state index contributed by atoms with van der Waals surface area (Å²) in [6.45, 7) is 7.55. The van der Waals surface area contributed by atoms with Crippen LogP contribution in [0.15, 0.2) is 85.2 Å². The van der Waals surface area contributed by atoms with E-state index in [1.807, 2.05) is 74.9 Å². The first-order chi connectivity index (χ1) is 29.9. The maximum Gasteiger partial charge on any atom is 0.329 e. The van der Waals surface area contributed by atoms with E-state index in [1.54, 1.807) is 16.8 Å². The second-order valence-electron chi connectivity index (χ2n) is 18.2. The molecule has 3 aliphatic rings. The molecule has 0 radical (unpaired) electrons. The standard InChI is InChI=1S/C50H59ClN6O5/c1-32(31-62-45-18-23-52-43-14-5-9-33(2)47(43)45)25-38-27-36-16-17-41(29-42(36)49(38)19-21-50(22-20-49,48(59)60)54-40-13-7-12-39(51)28-40)61-24-8-15-46(58)53-34(3)35-10-6-11-37(26-35)44-30-57(4)56-55-44/h6-7,10-13,16-18,23,26,28-30,32-34,38,54H,5,8-9,14-15,19-22,24-25,27,31H2,1-4H3,(H,53,58)(H,59,60)/t32-,33-,34-,38?,49?,50?/m1/s1. The topological polar surface area (TPSA) is 140 Å². The van der Waals surface area contributed by atoms with E-state index >= 15 is 0 Å². The van der Waals surface area contributed by atoms with Gasteiger partial charge < -0.3 is 25.2 Å². The van der Waals surface area contributed by atoms with Crippen molar-refractivity contribution >= 4 is 29.2 Å². The van der Waals surface area contributed by atoms with Crippen molar-refractivity contribution in [3.05, 3.63) is 118 Å². The third kappa shape index (κ3) is 9.33. The Bertz CT molecular complexity index is 2390. The van der Waals surface area contributed by atoms with Gasteiger partial charge in [0, 0.05) is 47.2 Å². The van der Waals surface area contributed by atoms with Gasteiger partial charge in [0.1, 0.15) is 22.7 Å². The summed E-state index contributed by atoms with van der Waals surface area (Å²) in [4.78, 5) is 30.8. The highest BCUT2D eigenvalue weighted by Gasteiger charge is 2.54. The normalized spacial score (nSPS) is 22.6. The van der Waals surface area contributed by atoms with E-state index in [2.05, 4.69) is 51.9 Å². The van der Waals surface area contributed by atoms with Crippen LogP contribution in [0.4, 0.5) is 5.69 Å². The molecule has 0 saturated heterocycles. The van der Waals surface area contributed by atoms with Crippen LogP contribution in [0, 0.1) is 11.8 Å². The Morgan fingerprint density at radius 2 is 1.84 bits per heavy atom. The summed E-state index contributed by atoms with van der Waals surface area (Å²) in [5, 5.41) is 26.1. The van der Waals surface area contributed by atoms with Gasteiger partial charge >= 0.3 is 5.97 Å². The third-order valence-corrected chi connectivity index (χ3v) is 14.0. The van der Waals surface area contributed by atoms with E-state index in [4.69, 9.17) is 21.1 Å². The number of halogens is 1. The van der Waals surface area contributed by atoms with Crippen LogP contribution in [0.1, 0.15) is 118 Å². The van der Waals surface area contributed by atoms with Crippen molar-refractivity contribution in [2.45, 2.75) is 114 Å². The third-order valence-electron chi connectivity index (χ3n) is 13.7. The number of carboxylic acids is 1. The van der Waals surface area contributed by atoms with Gasteiger partial charge in [-0.1, -0.05) is 61.0 Å². The van der Waals surface area contributed by atoms with Crippen molar-refractivity contribution < 1.29 is 24.2 Å². The summed E-state index contributed by atoms with van der Waals surface area (Å²) in [6, 6.07) is 23.6. The van der Waals surface area contributed by atoms with Crippen LogP contribution in [0.5, 0.6) is 11.5 Å². The molecule has 2 heterocycles. The SMILES string of the molecule is C[C@@H](COc1ccnc2c1[C@H](C)CCC2)CC1Cc2ccc(OCCCC(=O)N[C@H](C)c3cccc(-c4cn(C)nn4)c3)cc2C12CCC(Nc1cccc(Cl)c1)(C(=O)O)CC2. The molecule has 1 spiro atoms. The van der Waals surface area contributed by atoms with Crippen LogP contribution >= 0.6 is 11.6 Å². The van der Waals surface area contributed by atoms with Gasteiger partial charge in [-0.2, -0.15) is 0 Å². The van der Waals surface area contributed by atoms with Crippen LogP contribution in [-0.4, -0.2) is 55.7 Å². The number of benzene rings is 3. The number of hydrogen-bond donors (Lipinski definition) is 3. The Labute approximate surface area is 370 Å². The van der Waals surface area contributed by atoms with Crippen molar-refractivity contribution in [1.82, 2.24) is 25.3 Å². The van der Waals surface area contributed by atoms with Gasteiger partial charge in [-0.15, -0.1) is 5.10 Å². The van der Waals surface area contributed by atoms with Crippen LogP contribution < -0.4 is 20.1 Å². The molecule has 62 heavy (non-hydrogen) atoms. The lowest BCUT2D eigenvalue weighted by Crippen LogP contribution is -2.53. The van der Waals surface area contributed by atoms with Crippen molar-refractivity contribution in [1.29, 1.82) is 0 Å². The molecule has 1 fully saturated rings. The predicted molar refractivity (Wildman–Crippen MR) is 242 cm³/mol. The van der Waals surface area contributed by atoms with E-state index in [1.165, 1.54) is 22.4 Å². The number of aryl methyl sites for hydroxylation is 2. The first-order valence-electron chi connectivity index (χ1n) is 22.3. The lowest BCUT2D eigenvalue weighted by molar-refractivity contribution is -0.144. The zero-order valence-corrected chi connectivity index (χ0v) is 37.1. The van der Waals surface area contributed by atoms with Crippen LogP contribution in [0.2, 0.25) is 5.02 Å². The second kappa shape index (κ2) is 18.5. The molecule has 12 heteroatoms. The number of pyridine rings is 1. The molecule has 1 unspecified atom stereocenters. The van der Waals surface area contributed by atoms with E-state index in [-0.39, 0.29) is 23.3 Å². The first-order valence-corrected chi connectivity index (χ1v) is 22.7. The summed E-state index contributed by atoms with van der Waals surface area (Å²) in [6.07, 6.45) is 12.2. The van der Waals surface area contributed by atoms with Crippen LogP contribution in [-0.2, 0) is 34.9 Å². The molecule has 326 valence electrons. The molecule has 2 aromatic heterocycles. The molecular formula is C50H59ClN6O5. The van der Waals surface area contributed by atoms with Gasteiger partial charge in [0.05, 0.1) is 25.5 Å². The molecule has 4 atom stereocenters. The summed E-state index contributed by atoms with van der Waals surface area (Å²) < 4.78 is 14.6. The highest BCUT2D eigenvalue weighted by atomic mass is 35.5. The Kier molecular flexibility index (Phi) is 12.9.